The summed E-state index contributed by atoms with van der Waals surface area (Å²) in [6.07, 6.45) is 3.59. The first-order chi connectivity index (χ1) is 10.0. The number of likely N-dealkylation sites (N-methyl/N-ethyl adjacent to an activating group) is 1. The van der Waals surface area contributed by atoms with Crippen molar-refractivity contribution in [3.05, 3.63) is 17.5 Å². The van der Waals surface area contributed by atoms with Crippen molar-refractivity contribution in [2.24, 2.45) is 18.7 Å². The molecule has 1 aromatic heterocycles. The van der Waals surface area contributed by atoms with E-state index in [0.717, 1.165) is 43.9 Å². The van der Waals surface area contributed by atoms with E-state index in [9.17, 15) is 4.79 Å². The molecular weight excluding hydrogens is 266 g/mol. The van der Waals surface area contributed by atoms with E-state index in [2.05, 4.69) is 24.0 Å². The van der Waals surface area contributed by atoms with E-state index in [0.29, 0.717) is 13.0 Å². The first-order valence-electron chi connectivity index (χ1n) is 7.74. The number of carbonyl (C=O) groups is 1. The summed E-state index contributed by atoms with van der Waals surface area (Å²) in [5, 5.41) is 4.44. The molecule has 0 bridgehead atoms. The second kappa shape index (κ2) is 7.04. The van der Waals surface area contributed by atoms with Crippen LogP contribution < -0.4 is 5.73 Å². The van der Waals surface area contributed by atoms with Crippen molar-refractivity contribution in [3.8, 4) is 0 Å². The Hall–Kier alpha value is -1.40. The smallest absolute Gasteiger partial charge is 0.227 e. The maximum atomic E-state index is 12.6. The van der Waals surface area contributed by atoms with Crippen LogP contribution in [0.25, 0.3) is 0 Å². The van der Waals surface area contributed by atoms with Gasteiger partial charge in [0.25, 0.3) is 0 Å². The molecule has 1 aromatic rings. The number of hydrogen-bond acceptors (Lipinski definition) is 4. The van der Waals surface area contributed by atoms with Crippen molar-refractivity contribution in [3.63, 3.8) is 0 Å². The summed E-state index contributed by atoms with van der Waals surface area (Å²) < 4.78 is 1.82. The normalized spacial score (nSPS) is 18.0. The molecule has 2 heterocycles. The van der Waals surface area contributed by atoms with Crippen LogP contribution in [0.4, 0.5) is 0 Å². The third-order valence-electron chi connectivity index (χ3n) is 4.24. The van der Waals surface area contributed by atoms with Gasteiger partial charge in [-0.2, -0.15) is 5.10 Å². The monoisotopic (exact) mass is 293 g/mol. The quantitative estimate of drug-likeness (QED) is 0.821. The number of aryl methyl sites for hydroxylation is 2. The van der Waals surface area contributed by atoms with Gasteiger partial charge in [-0.15, -0.1) is 0 Å². The highest BCUT2D eigenvalue weighted by Gasteiger charge is 2.26. The molecule has 6 nitrogen and oxygen atoms in total. The number of hydrogen-bond donors (Lipinski definition) is 1. The molecule has 1 aliphatic rings. The van der Waals surface area contributed by atoms with Gasteiger partial charge in [0.1, 0.15) is 0 Å². The molecule has 0 spiro atoms. The van der Waals surface area contributed by atoms with Crippen LogP contribution >= 0.6 is 0 Å². The Morgan fingerprint density at radius 1 is 1.33 bits per heavy atom. The lowest BCUT2D eigenvalue weighted by molar-refractivity contribution is -0.136. The summed E-state index contributed by atoms with van der Waals surface area (Å²) in [6.45, 7) is 5.97. The number of amides is 1. The van der Waals surface area contributed by atoms with Gasteiger partial charge >= 0.3 is 0 Å². The van der Waals surface area contributed by atoms with E-state index in [-0.39, 0.29) is 11.8 Å². The summed E-state index contributed by atoms with van der Waals surface area (Å²) in [6, 6.07) is 0. The van der Waals surface area contributed by atoms with E-state index in [1.165, 1.54) is 0 Å². The van der Waals surface area contributed by atoms with Crippen molar-refractivity contribution in [1.29, 1.82) is 0 Å². The third-order valence-corrected chi connectivity index (χ3v) is 4.24. The van der Waals surface area contributed by atoms with Gasteiger partial charge in [-0.3, -0.25) is 9.48 Å². The Morgan fingerprint density at radius 2 is 2.00 bits per heavy atom. The maximum absolute atomic E-state index is 12.6. The van der Waals surface area contributed by atoms with Crippen LogP contribution in [-0.2, 0) is 24.7 Å². The molecule has 21 heavy (non-hydrogen) atoms. The second-order valence-electron chi connectivity index (χ2n) is 5.89. The summed E-state index contributed by atoms with van der Waals surface area (Å²) >= 11 is 0. The fraction of sp³-hybridized carbons (Fsp3) is 0.733. The van der Waals surface area contributed by atoms with Crippen molar-refractivity contribution in [1.82, 2.24) is 19.6 Å². The minimum absolute atomic E-state index is 0.136. The minimum Gasteiger partial charge on any atom is -0.340 e. The Kier molecular flexibility index (Phi) is 5.36. The zero-order valence-corrected chi connectivity index (χ0v) is 13.4. The Bertz CT molecular complexity index is 476. The van der Waals surface area contributed by atoms with E-state index in [1.807, 2.05) is 22.8 Å². The molecule has 1 unspecified atom stereocenters. The molecule has 2 N–H and O–H groups in total. The molecule has 0 aliphatic carbocycles. The standard InChI is InChI=1S/C15H27N5O/c1-4-14-13(11-19(3)17-14)9-12(10-16)15(21)20-7-5-18(2)6-8-20/h11-12H,4-10,16H2,1-3H3. The number of nitrogens with two attached hydrogens (primary N) is 1. The second-order valence-corrected chi connectivity index (χ2v) is 5.89. The number of nitrogens with zero attached hydrogens (tertiary/aromatic N) is 4. The largest absolute Gasteiger partial charge is 0.340 e. The summed E-state index contributed by atoms with van der Waals surface area (Å²) in [4.78, 5) is 16.9. The fourth-order valence-electron chi connectivity index (χ4n) is 2.87. The molecule has 118 valence electrons. The van der Waals surface area contributed by atoms with Crippen LogP contribution in [0.15, 0.2) is 6.20 Å². The average Bonchev–Trinajstić information content (AvgIpc) is 2.84. The highest BCUT2D eigenvalue weighted by atomic mass is 16.2. The lowest BCUT2D eigenvalue weighted by Gasteiger charge is -2.34. The van der Waals surface area contributed by atoms with Gasteiger partial charge in [-0.05, 0) is 25.5 Å². The minimum atomic E-state index is -0.136. The summed E-state index contributed by atoms with van der Waals surface area (Å²) in [7, 11) is 4.01. The molecule has 1 amide bonds. The first-order valence-corrected chi connectivity index (χ1v) is 7.74. The molecule has 0 radical (unpaired) electrons. The Morgan fingerprint density at radius 3 is 2.57 bits per heavy atom. The molecular formula is C15H27N5O. The predicted molar refractivity (Wildman–Crippen MR) is 82.9 cm³/mol. The van der Waals surface area contributed by atoms with Gasteiger partial charge in [-0.1, -0.05) is 6.92 Å². The van der Waals surface area contributed by atoms with Crippen LogP contribution in [0.5, 0.6) is 0 Å². The van der Waals surface area contributed by atoms with Crippen molar-refractivity contribution >= 4 is 5.91 Å². The summed E-state index contributed by atoms with van der Waals surface area (Å²) in [5.74, 6) is 0.0550. The molecule has 2 rings (SSSR count). The van der Waals surface area contributed by atoms with Crippen LogP contribution in [0.3, 0.4) is 0 Å². The Balaban J connectivity index is 2.03. The zero-order valence-electron chi connectivity index (χ0n) is 13.4. The highest BCUT2D eigenvalue weighted by molar-refractivity contribution is 5.79. The average molecular weight is 293 g/mol. The number of carbonyl (C=O) groups excluding carboxylic acids is 1. The molecule has 0 aromatic carbocycles. The molecule has 1 saturated heterocycles. The predicted octanol–water partition coefficient (Wildman–Crippen LogP) is -0.126. The summed E-state index contributed by atoms with van der Waals surface area (Å²) in [5.41, 5.74) is 8.09. The number of piperazine rings is 1. The topological polar surface area (TPSA) is 67.4 Å². The van der Waals surface area contributed by atoms with Crippen molar-refractivity contribution < 1.29 is 4.79 Å². The SMILES string of the molecule is CCc1nn(C)cc1CC(CN)C(=O)N1CCN(C)CC1. The fourth-order valence-corrected chi connectivity index (χ4v) is 2.87. The van der Waals surface area contributed by atoms with Gasteiger partial charge in [0.2, 0.25) is 5.91 Å². The van der Waals surface area contributed by atoms with E-state index in [1.54, 1.807) is 0 Å². The van der Waals surface area contributed by atoms with E-state index in [4.69, 9.17) is 5.73 Å². The maximum Gasteiger partial charge on any atom is 0.227 e. The van der Waals surface area contributed by atoms with Crippen LogP contribution in [0.2, 0.25) is 0 Å². The van der Waals surface area contributed by atoms with Crippen LogP contribution in [0, 0.1) is 5.92 Å². The van der Waals surface area contributed by atoms with Gasteiger partial charge in [0.15, 0.2) is 0 Å². The van der Waals surface area contributed by atoms with Crippen LogP contribution in [-0.4, -0.2) is 65.3 Å². The van der Waals surface area contributed by atoms with Crippen molar-refractivity contribution in [2.45, 2.75) is 19.8 Å². The lowest BCUT2D eigenvalue weighted by Crippen LogP contribution is -2.50. The number of aromatic nitrogens is 2. The lowest BCUT2D eigenvalue weighted by atomic mass is 9.97. The first kappa shape index (κ1) is 16.0. The molecule has 1 fully saturated rings. The molecule has 0 saturated carbocycles. The van der Waals surface area contributed by atoms with E-state index < -0.39 is 0 Å². The van der Waals surface area contributed by atoms with Gasteiger partial charge in [0, 0.05) is 46.0 Å². The van der Waals surface area contributed by atoms with Gasteiger partial charge in [0.05, 0.1) is 11.6 Å². The van der Waals surface area contributed by atoms with Crippen molar-refractivity contribution in [2.75, 3.05) is 39.8 Å². The van der Waals surface area contributed by atoms with Gasteiger partial charge in [-0.25, -0.2) is 0 Å². The highest BCUT2D eigenvalue weighted by Crippen LogP contribution is 2.16. The third kappa shape index (κ3) is 3.83. The van der Waals surface area contributed by atoms with Gasteiger partial charge < -0.3 is 15.5 Å². The molecule has 6 heteroatoms. The molecule has 1 aliphatic heterocycles. The molecule has 1 atom stereocenters. The van der Waals surface area contributed by atoms with Crippen LogP contribution in [0.1, 0.15) is 18.2 Å². The van der Waals surface area contributed by atoms with E-state index >= 15 is 0 Å². The Labute approximate surface area is 126 Å². The zero-order chi connectivity index (χ0) is 15.4. The number of rotatable bonds is 5.